The van der Waals surface area contributed by atoms with Crippen molar-refractivity contribution in [2.45, 2.75) is 41.5 Å². The highest BCUT2D eigenvalue weighted by molar-refractivity contribution is 8.06. The lowest BCUT2D eigenvalue weighted by Gasteiger charge is -2.21. The van der Waals surface area contributed by atoms with Gasteiger partial charge in [-0.05, 0) is 106 Å². The second-order valence-corrected chi connectivity index (χ2v) is 18.0. The maximum atomic E-state index is 2.44. The summed E-state index contributed by atoms with van der Waals surface area (Å²) in [4.78, 5) is 0. The zero-order valence-electron chi connectivity index (χ0n) is 19.4. The van der Waals surface area contributed by atoms with Crippen LogP contribution in [0.15, 0.2) is 42.5 Å². The van der Waals surface area contributed by atoms with E-state index in [0.29, 0.717) is 0 Å². The zero-order valence-corrected chi connectivity index (χ0v) is 21.2. The van der Waals surface area contributed by atoms with Crippen molar-refractivity contribution in [3.05, 3.63) is 75.8 Å². The van der Waals surface area contributed by atoms with Crippen LogP contribution in [0.1, 0.15) is 33.4 Å². The number of aryl methyl sites for hydroxylation is 6. The van der Waals surface area contributed by atoms with E-state index in [1.165, 1.54) is 68.8 Å². The average molecular weight is 421 g/mol. The molecule has 0 unspecified atom stereocenters. The van der Waals surface area contributed by atoms with Gasteiger partial charge < -0.3 is 0 Å². The summed E-state index contributed by atoms with van der Waals surface area (Å²) in [6.45, 7) is 19.7. The third-order valence-corrected chi connectivity index (χ3v) is 9.01. The van der Waals surface area contributed by atoms with Crippen molar-refractivity contribution in [2.75, 3.05) is 20.0 Å². The maximum Gasteiger partial charge on any atom is 0.0173 e. The molecule has 0 saturated heterocycles. The van der Waals surface area contributed by atoms with Crippen LogP contribution in [-0.4, -0.2) is 20.0 Å². The van der Waals surface area contributed by atoms with Crippen molar-refractivity contribution in [2.24, 2.45) is 0 Å². The normalized spacial score (nSPS) is 11.9. The van der Waals surface area contributed by atoms with Gasteiger partial charge in [0.1, 0.15) is 0 Å². The lowest BCUT2D eigenvalue weighted by molar-refractivity contribution is 1.32. The zero-order chi connectivity index (χ0) is 21.5. The summed E-state index contributed by atoms with van der Waals surface area (Å²) in [6, 6.07) is 16.2. The smallest absolute Gasteiger partial charge is 0.0173 e. The summed E-state index contributed by atoms with van der Waals surface area (Å²) in [5.74, 6) is 0. The SMILES string of the molecule is Cc1cc(C)c(-c2cccc(-c3c(C)cc(C)cc3C)c2P=P(C)(C)C)c(C)c1. The molecule has 0 aliphatic carbocycles. The first kappa shape index (κ1) is 22.1. The molecule has 0 atom stereocenters. The Balaban J connectivity index is 2.45. The Hall–Kier alpha value is -1.61. The van der Waals surface area contributed by atoms with E-state index < -0.39 is 6.55 Å². The number of hydrogen-bond donors (Lipinski definition) is 0. The second kappa shape index (κ2) is 8.26. The molecule has 0 nitrogen and oxygen atoms in total. The largest absolute Gasteiger partial charge is 0.0864 e. The van der Waals surface area contributed by atoms with Crippen molar-refractivity contribution in [3.8, 4) is 22.3 Å². The first-order valence-electron chi connectivity index (χ1n) is 10.3. The first-order chi connectivity index (χ1) is 13.5. The third kappa shape index (κ3) is 4.77. The van der Waals surface area contributed by atoms with Crippen molar-refractivity contribution in [1.82, 2.24) is 0 Å². The molecule has 0 N–H and O–H groups in total. The first-order valence-corrected chi connectivity index (χ1v) is 15.0. The molecule has 0 fully saturated rings. The molecule has 0 aromatic heterocycles. The van der Waals surface area contributed by atoms with Crippen molar-refractivity contribution in [3.63, 3.8) is 0 Å². The van der Waals surface area contributed by atoms with Crippen LogP contribution >= 0.6 is 14.4 Å². The van der Waals surface area contributed by atoms with Gasteiger partial charge in [0.25, 0.3) is 0 Å². The van der Waals surface area contributed by atoms with Gasteiger partial charge in [0, 0.05) is 5.30 Å². The van der Waals surface area contributed by atoms with Crippen LogP contribution in [-0.2, 0) is 0 Å². The predicted octanol–water partition coefficient (Wildman–Crippen LogP) is 8.26. The maximum absolute atomic E-state index is 2.44. The van der Waals surface area contributed by atoms with E-state index in [1.54, 1.807) is 0 Å². The van der Waals surface area contributed by atoms with Gasteiger partial charge in [-0.15, -0.1) is 0 Å². The molecule has 0 amide bonds. The molecule has 3 aromatic carbocycles. The van der Waals surface area contributed by atoms with Crippen molar-refractivity contribution >= 4 is 19.7 Å². The molecule has 3 aromatic rings. The molecule has 0 aliphatic rings. The fraction of sp³-hybridized carbons (Fsp3) is 0.333. The molecule has 0 bridgehead atoms. The Kier molecular flexibility index (Phi) is 6.29. The highest BCUT2D eigenvalue weighted by atomic mass is 31.8. The van der Waals surface area contributed by atoms with E-state index in [4.69, 9.17) is 0 Å². The fourth-order valence-corrected chi connectivity index (χ4v) is 8.20. The van der Waals surface area contributed by atoms with Crippen LogP contribution in [0, 0.1) is 41.5 Å². The Labute approximate surface area is 179 Å². The quantitative estimate of drug-likeness (QED) is 0.374. The van der Waals surface area contributed by atoms with Crippen LogP contribution < -0.4 is 5.30 Å². The summed E-state index contributed by atoms with van der Waals surface area (Å²) in [7, 11) is 1.48. The molecule has 0 spiro atoms. The van der Waals surface area contributed by atoms with Gasteiger partial charge in [0.05, 0.1) is 0 Å². The average Bonchev–Trinajstić information content (AvgIpc) is 2.54. The van der Waals surface area contributed by atoms with Gasteiger partial charge >= 0.3 is 0 Å². The van der Waals surface area contributed by atoms with Gasteiger partial charge in [0.15, 0.2) is 0 Å². The molecular formula is C27H34P2. The minimum absolute atomic E-state index is 1.04. The summed E-state index contributed by atoms with van der Waals surface area (Å²) in [5.41, 5.74) is 13.8. The second-order valence-electron chi connectivity index (χ2n) is 9.29. The molecule has 29 heavy (non-hydrogen) atoms. The predicted molar refractivity (Wildman–Crippen MR) is 137 cm³/mol. The van der Waals surface area contributed by atoms with Crippen LogP contribution in [0.25, 0.3) is 22.3 Å². The van der Waals surface area contributed by atoms with Gasteiger partial charge in [-0.1, -0.05) is 68.0 Å². The molecule has 0 saturated carbocycles. The number of hydrogen-bond acceptors (Lipinski definition) is 0. The molecule has 3 rings (SSSR count). The van der Waals surface area contributed by atoms with Gasteiger partial charge in [-0.3, -0.25) is 0 Å². The molecule has 2 heteroatoms. The minimum atomic E-state index is -1.04. The monoisotopic (exact) mass is 420 g/mol. The topological polar surface area (TPSA) is 0 Å². The standard InChI is InChI=1S/C27H34P2/c1-17-13-19(3)25(20(4)14-17)23-11-10-12-24(27(23)28-29(7,8)9)26-21(5)15-18(2)16-22(26)6/h10-16H,1-9H3. The van der Waals surface area contributed by atoms with E-state index in [9.17, 15) is 0 Å². The molecule has 0 aliphatic heterocycles. The molecule has 152 valence electrons. The Morgan fingerprint density at radius 1 is 0.586 bits per heavy atom. The van der Waals surface area contributed by atoms with Gasteiger partial charge in [-0.2, -0.15) is 0 Å². The molecular weight excluding hydrogens is 386 g/mol. The number of benzene rings is 3. The van der Waals surface area contributed by atoms with E-state index >= 15 is 0 Å². The minimum Gasteiger partial charge on any atom is -0.0864 e. The Morgan fingerprint density at radius 3 is 1.24 bits per heavy atom. The van der Waals surface area contributed by atoms with E-state index in [0.717, 1.165) is 0 Å². The van der Waals surface area contributed by atoms with Crippen LogP contribution in [0.3, 0.4) is 0 Å². The Morgan fingerprint density at radius 2 is 0.931 bits per heavy atom. The van der Waals surface area contributed by atoms with Crippen LogP contribution in [0.5, 0.6) is 0 Å². The molecule has 0 radical (unpaired) electrons. The van der Waals surface area contributed by atoms with Crippen LogP contribution in [0.2, 0.25) is 0 Å². The van der Waals surface area contributed by atoms with E-state index in [2.05, 4.69) is 104 Å². The number of rotatable bonds is 3. The Bertz CT molecular complexity index is 1010. The summed E-state index contributed by atoms with van der Waals surface area (Å²) in [6.07, 6.45) is 0. The van der Waals surface area contributed by atoms with Crippen LogP contribution in [0.4, 0.5) is 0 Å². The van der Waals surface area contributed by atoms with E-state index in [1.807, 2.05) is 0 Å². The fourth-order valence-electron chi connectivity index (χ4n) is 4.56. The highest BCUT2D eigenvalue weighted by Gasteiger charge is 2.18. The molecule has 0 heterocycles. The lowest BCUT2D eigenvalue weighted by Crippen LogP contribution is -2.07. The highest BCUT2D eigenvalue weighted by Crippen LogP contribution is 2.48. The lowest BCUT2D eigenvalue weighted by atomic mass is 9.89. The van der Waals surface area contributed by atoms with Gasteiger partial charge in [0.2, 0.25) is 0 Å². The third-order valence-electron chi connectivity index (χ3n) is 5.33. The van der Waals surface area contributed by atoms with Crippen molar-refractivity contribution in [1.29, 1.82) is 0 Å². The summed E-state index contributed by atoms with van der Waals surface area (Å²) >= 11 is 0. The van der Waals surface area contributed by atoms with Gasteiger partial charge in [-0.25, -0.2) is 0 Å². The summed E-state index contributed by atoms with van der Waals surface area (Å²) in [5, 5.41) is 1.50. The summed E-state index contributed by atoms with van der Waals surface area (Å²) < 4.78 is 0. The van der Waals surface area contributed by atoms with Crippen molar-refractivity contribution < 1.29 is 0 Å². The van der Waals surface area contributed by atoms with E-state index in [-0.39, 0.29) is 0 Å².